The highest BCUT2D eigenvalue weighted by molar-refractivity contribution is 5.78. The average molecular weight is 283 g/mol. The topological polar surface area (TPSA) is 50.8 Å². The van der Waals surface area contributed by atoms with Gasteiger partial charge in [0.2, 0.25) is 0 Å². The Balaban J connectivity index is 1.99. The monoisotopic (exact) mass is 283 g/mol. The SMILES string of the molecule is CC(C)(CN=C(N)N1CCC1)Oc1cc(F)cc(F)c1. The van der Waals surface area contributed by atoms with Crippen LogP contribution in [0.15, 0.2) is 23.2 Å². The first-order valence-corrected chi connectivity index (χ1v) is 6.56. The van der Waals surface area contributed by atoms with Crippen molar-refractivity contribution >= 4 is 5.96 Å². The molecule has 1 fully saturated rings. The summed E-state index contributed by atoms with van der Waals surface area (Å²) in [5.74, 6) is -0.706. The van der Waals surface area contributed by atoms with Gasteiger partial charge in [0.05, 0.1) is 6.54 Å². The number of benzene rings is 1. The molecule has 20 heavy (non-hydrogen) atoms. The second-order valence-electron chi connectivity index (χ2n) is 5.48. The van der Waals surface area contributed by atoms with Crippen LogP contribution in [0.2, 0.25) is 0 Å². The molecule has 1 aliphatic rings. The van der Waals surface area contributed by atoms with Gasteiger partial charge in [-0.1, -0.05) is 0 Å². The normalized spacial score (nSPS) is 16.0. The molecule has 0 atom stereocenters. The molecule has 0 bridgehead atoms. The number of hydrogen-bond acceptors (Lipinski definition) is 2. The molecule has 1 aromatic rings. The second kappa shape index (κ2) is 5.64. The van der Waals surface area contributed by atoms with Gasteiger partial charge in [-0.2, -0.15) is 0 Å². The van der Waals surface area contributed by atoms with Crippen molar-refractivity contribution in [1.29, 1.82) is 0 Å². The van der Waals surface area contributed by atoms with Crippen molar-refractivity contribution < 1.29 is 13.5 Å². The molecule has 2 N–H and O–H groups in total. The molecular formula is C14H19F2N3O. The van der Waals surface area contributed by atoms with Gasteiger partial charge in [0.1, 0.15) is 23.0 Å². The summed E-state index contributed by atoms with van der Waals surface area (Å²) in [6.45, 7) is 5.75. The number of nitrogens with two attached hydrogens (primary N) is 1. The summed E-state index contributed by atoms with van der Waals surface area (Å²) < 4.78 is 31.8. The maximum atomic E-state index is 13.1. The summed E-state index contributed by atoms with van der Waals surface area (Å²) in [5.41, 5.74) is 5.13. The van der Waals surface area contributed by atoms with E-state index in [0.29, 0.717) is 12.5 Å². The Hall–Kier alpha value is -1.85. The van der Waals surface area contributed by atoms with Gasteiger partial charge in [0, 0.05) is 31.3 Å². The third-order valence-corrected chi connectivity index (χ3v) is 3.03. The first kappa shape index (κ1) is 14.6. The number of hydrogen-bond donors (Lipinski definition) is 1. The number of nitrogens with zero attached hydrogens (tertiary/aromatic N) is 2. The molecule has 0 aliphatic carbocycles. The molecule has 1 saturated heterocycles. The van der Waals surface area contributed by atoms with Gasteiger partial charge in [-0.15, -0.1) is 0 Å². The first-order chi connectivity index (χ1) is 9.35. The predicted molar refractivity (Wildman–Crippen MR) is 73.7 cm³/mol. The maximum absolute atomic E-state index is 13.1. The van der Waals surface area contributed by atoms with Gasteiger partial charge in [0.25, 0.3) is 0 Å². The highest BCUT2D eigenvalue weighted by atomic mass is 19.1. The van der Waals surface area contributed by atoms with Crippen molar-refractivity contribution in [2.75, 3.05) is 19.6 Å². The van der Waals surface area contributed by atoms with Crippen LogP contribution in [0.3, 0.4) is 0 Å². The van der Waals surface area contributed by atoms with Crippen LogP contribution in [0.1, 0.15) is 20.3 Å². The van der Waals surface area contributed by atoms with Crippen molar-refractivity contribution in [1.82, 2.24) is 4.90 Å². The van der Waals surface area contributed by atoms with Crippen LogP contribution in [0.5, 0.6) is 5.75 Å². The van der Waals surface area contributed by atoms with Crippen molar-refractivity contribution in [2.45, 2.75) is 25.9 Å². The van der Waals surface area contributed by atoms with E-state index in [0.717, 1.165) is 37.7 Å². The molecule has 0 unspecified atom stereocenters. The smallest absolute Gasteiger partial charge is 0.191 e. The summed E-state index contributed by atoms with van der Waals surface area (Å²) in [7, 11) is 0. The summed E-state index contributed by atoms with van der Waals surface area (Å²) in [6, 6.07) is 3.10. The van der Waals surface area contributed by atoms with Crippen LogP contribution in [0, 0.1) is 11.6 Å². The van der Waals surface area contributed by atoms with E-state index in [1.165, 1.54) is 0 Å². The fourth-order valence-corrected chi connectivity index (χ4v) is 1.86. The van der Waals surface area contributed by atoms with E-state index in [1.807, 2.05) is 4.90 Å². The van der Waals surface area contributed by atoms with Gasteiger partial charge in [-0.25, -0.2) is 13.8 Å². The van der Waals surface area contributed by atoms with Gasteiger partial charge in [-0.05, 0) is 20.3 Å². The molecule has 2 rings (SSSR count). The minimum absolute atomic E-state index is 0.144. The molecular weight excluding hydrogens is 264 g/mol. The van der Waals surface area contributed by atoms with E-state index in [-0.39, 0.29) is 5.75 Å². The highest BCUT2D eigenvalue weighted by Gasteiger charge is 2.22. The number of rotatable bonds is 4. The Morgan fingerprint density at radius 1 is 1.30 bits per heavy atom. The Morgan fingerprint density at radius 2 is 1.90 bits per heavy atom. The van der Waals surface area contributed by atoms with E-state index < -0.39 is 17.2 Å². The van der Waals surface area contributed by atoms with Gasteiger partial charge in [0.15, 0.2) is 5.96 Å². The van der Waals surface area contributed by atoms with Gasteiger partial charge < -0.3 is 15.4 Å². The molecule has 1 aliphatic heterocycles. The van der Waals surface area contributed by atoms with E-state index in [4.69, 9.17) is 10.5 Å². The molecule has 0 spiro atoms. The standard InChI is InChI=1S/C14H19F2N3O/c1-14(2,9-18-13(17)19-4-3-5-19)20-12-7-10(15)6-11(16)8-12/h6-8H,3-5,9H2,1-2H3,(H2,17,18). The molecule has 4 nitrogen and oxygen atoms in total. The zero-order chi connectivity index (χ0) is 14.8. The fraction of sp³-hybridized carbons (Fsp3) is 0.500. The molecule has 0 radical (unpaired) electrons. The Morgan fingerprint density at radius 3 is 2.40 bits per heavy atom. The first-order valence-electron chi connectivity index (χ1n) is 6.56. The molecule has 0 amide bonds. The fourth-order valence-electron chi connectivity index (χ4n) is 1.86. The minimum Gasteiger partial charge on any atom is -0.486 e. The lowest BCUT2D eigenvalue weighted by molar-refractivity contribution is 0.117. The zero-order valence-electron chi connectivity index (χ0n) is 11.7. The molecule has 6 heteroatoms. The van der Waals surface area contributed by atoms with E-state index in [9.17, 15) is 8.78 Å². The number of ether oxygens (including phenoxy) is 1. The van der Waals surface area contributed by atoms with Crippen LogP contribution < -0.4 is 10.5 Å². The van der Waals surface area contributed by atoms with Crippen LogP contribution in [0.4, 0.5) is 8.78 Å². The molecule has 0 aromatic heterocycles. The minimum atomic E-state index is -0.699. The van der Waals surface area contributed by atoms with Crippen LogP contribution in [-0.4, -0.2) is 36.1 Å². The van der Waals surface area contributed by atoms with Crippen molar-refractivity contribution in [3.05, 3.63) is 29.8 Å². The molecule has 1 heterocycles. The van der Waals surface area contributed by atoms with E-state index in [1.54, 1.807) is 13.8 Å². The Bertz CT molecular complexity index is 493. The van der Waals surface area contributed by atoms with Gasteiger partial charge >= 0.3 is 0 Å². The van der Waals surface area contributed by atoms with Crippen LogP contribution in [-0.2, 0) is 0 Å². The summed E-state index contributed by atoms with van der Waals surface area (Å²) >= 11 is 0. The average Bonchev–Trinajstić information content (AvgIpc) is 2.21. The quantitative estimate of drug-likeness (QED) is 0.680. The number of aliphatic imine (C=N–C) groups is 1. The predicted octanol–water partition coefficient (Wildman–Crippen LogP) is 2.14. The summed E-state index contributed by atoms with van der Waals surface area (Å²) in [4.78, 5) is 6.24. The van der Waals surface area contributed by atoms with E-state index >= 15 is 0 Å². The van der Waals surface area contributed by atoms with Gasteiger partial charge in [-0.3, -0.25) is 0 Å². The third kappa shape index (κ3) is 3.82. The van der Waals surface area contributed by atoms with Crippen LogP contribution in [0.25, 0.3) is 0 Å². The number of halogens is 2. The summed E-state index contributed by atoms with van der Waals surface area (Å²) in [6.07, 6.45) is 1.12. The van der Waals surface area contributed by atoms with Crippen molar-refractivity contribution in [3.63, 3.8) is 0 Å². The summed E-state index contributed by atoms with van der Waals surface area (Å²) in [5, 5.41) is 0. The zero-order valence-corrected chi connectivity index (χ0v) is 11.7. The molecule has 0 saturated carbocycles. The number of guanidine groups is 1. The largest absolute Gasteiger partial charge is 0.486 e. The number of likely N-dealkylation sites (tertiary alicyclic amines) is 1. The lowest BCUT2D eigenvalue weighted by atomic mass is 10.1. The lowest BCUT2D eigenvalue weighted by Gasteiger charge is -2.32. The van der Waals surface area contributed by atoms with Crippen molar-refractivity contribution in [3.8, 4) is 5.75 Å². The maximum Gasteiger partial charge on any atom is 0.191 e. The second-order valence-corrected chi connectivity index (χ2v) is 5.48. The third-order valence-electron chi connectivity index (χ3n) is 3.03. The van der Waals surface area contributed by atoms with Crippen LogP contribution >= 0.6 is 0 Å². The molecule has 1 aromatic carbocycles. The van der Waals surface area contributed by atoms with Crippen molar-refractivity contribution in [2.24, 2.45) is 10.7 Å². The Kier molecular flexibility index (Phi) is 4.11. The highest BCUT2D eigenvalue weighted by Crippen LogP contribution is 2.21. The Labute approximate surface area is 117 Å². The molecule has 110 valence electrons. The lowest BCUT2D eigenvalue weighted by Crippen LogP contribution is -2.47. The van der Waals surface area contributed by atoms with E-state index in [2.05, 4.69) is 4.99 Å².